The van der Waals surface area contributed by atoms with Crippen molar-refractivity contribution >= 4 is 0 Å². The fourth-order valence-corrected chi connectivity index (χ4v) is 1.73. The second kappa shape index (κ2) is 5.40. The van der Waals surface area contributed by atoms with Gasteiger partial charge in [-0.2, -0.15) is 13.2 Å². The van der Waals surface area contributed by atoms with Crippen molar-refractivity contribution in [2.75, 3.05) is 14.2 Å². The molecule has 0 saturated heterocycles. The molecule has 0 fully saturated rings. The topological polar surface area (TPSA) is 21.3 Å². The Morgan fingerprint density at radius 3 is 2.47 bits per heavy atom. The van der Waals surface area contributed by atoms with Crippen molar-refractivity contribution in [2.45, 2.75) is 25.6 Å². The molecule has 1 aromatic rings. The predicted molar refractivity (Wildman–Crippen MR) is 60.2 cm³/mol. The number of nitrogens with one attached hydrogen (secondary N) is 1. The van der Waals surface area contributed by atoms with Crippen LogP contribution in [0.5, 0.6) is 5.75 Å². The maximum Gasteiger partial charge on any atom is 0.390 e. The molecule has 0 aliphatic heterocycles. The molecule has 0 aliphatic rings. The van der Waals surface area contributed by atoms with E-state index in [0.29, 0.717) is 11.3 Å². The summed E-state index contributed by atoms with van der Waals surface area (Å²) in [6, 6.07) is 4.42. The molecule has 0 radical (unpaired) electrons. The lowest BCUT2D eigenvalue weighted by Crippen LogP contribution is -2.24. The normalized spacial score (nSPS) is 13.5. The van der Waals surface area contributed by atoms with Gasteiger partial charge >= 0.3 is 6.18 Å². The minimum absolute atomic E-state index is 0.471. The number of benzene rings is 1. The molecule has 1 rings (SSSR count). The summed E-state index contributed by atoms with van der Waals surface area (Å²) in [6.07, 6.45) is -5.12. The largest absolute Gasteiger partial charge is 0.496 e. The molecule has 0 aliphatic carbocycles. The average molecular weight is 247 g/mol. The van der Waals surface area contributed by atoms with Crippen molar-refractivity contribution < 1.29 is 17.9 Å². The monoisotopic (exact) mass is 247 g/mol. The van der Waals surface area contributed by atoms with Gasteiger partial charge < -0.3 is 10.1 Å². The highest BCUT2D eigenvalue weighted by Crippen LogP contribution is 2.34. The number of halogens is 3. The van der Waals surface area contributed by atoms with Gasteiger partial charge in [0.1, 0.15) is 5.75 Å². The standard InChI is InChI=1S/C12H16F3NO/c1-8-4-5-11(17-3)9(6-8)10(16-2)7-12(13,14)15/h4-6,10,16H,7H2,1-3H3. The first kappa shape index (κ1) is 13.8. The maximum absolute atomic E-state index is 12.4. The number of alkyl halides is 3. The van der Waals surface area contributed by atoms with Gasteiger partial charge in [0, 0.05) is 11.6 Å². The van der Waals surface area contributed by atoms with Gasteiger partial charge in [-0.15, -0.1) is 0 Å². The molecule has 0 spiro atoms. The number of aryl methyl sites for hydroxylation is 1. The van der Waals surface area contributed by atoms with Crippen LogP contribution in [-0.4, -0.2) is 20.3 Å². The third-order valence-electron chi connectivity index (χ3n) is 2.54. The van der Waals surface area contributed by atoms with Crippen molar-refractivity contribution in [3.63, 3.8) is 0 Å². The second-order valence-electron chi connectivity index (χ2n) is 3.91. The Morgan fingerprint density at radius 2 is 2.00 bits per heavy atom. The van der Waals surface area contributed by atoms with E-state index in [1.807, 2.05) is 13.0 Å². The Morgan fingerprint density at radius 1 is 1.35 bits per heavy atom. The molecule has 1 N–H and O–H groups in total. The quantitative estimate of drug-likeness (QED) is 0.882. The molecular weight excluding hydrogens is 231 g/mol. The summed E-state index contributed by atoms with van der Waals surface area (Å²) in [5.41, 5.74) is 1.44. The van der Waals surface area contributed by atoms with Gasteiger partial charge in [0.15, 0.2) is 0 Å². The van der Waals surface area contributed by atoms with Crippen LogP contribution in [0.15, 0.2) is 18.2 Å². The Kier molecular flexibility index (Phi) is 4.40. The smallest absolute Gasteiger partial charge is 0.390 e. The molecule has 5 heteroatoms. The second-order valence-corrected chi connectivity index (χ2v) is 3.91. The summed E-state index contributed by atoms with van der Waals surface area (Å²) >= 11 is 0. The third-order valence-corrected chi connectivity index (χ3v) is 2.54. The Bertz CT molecular complexity index is 377. The van der Waals surface area contributed by atoms with Crippen LogP contribution >= 0.6 is 0 Å². The lowest BCUT2D eigenvalue weighted by Gasteiger charge is -2.21. The average Bonchev–Trinajstić information content (AvgIpc) is 2.24. The van der Waals surface area contributed by atoms with Crippen LogP contribution < -0.4 is 10.1 Å². The molecule has 2 nitrogen and oxygen atoms in total. The highest BCUT2D eigenvalue weighted by molar-refractivity contribution is 5.39. The van der Waals surface area contributed by atoms with Gasteiger partial charge in [0.2, 0.25) is 0 Å². The molecule has 1 aromatic carbocycles. The highest BCUT2D eigenvalue weighted by Gasteiger charge is 2.33. The summed E-state index contributed by atoms with van der Waals surface area (Å²) < 4.78 is 42.4. The van der Waals surface area contributed by atoms with Gasteiger partial charge in [-0.25, -0.2) is 0 Å². The third kappa shape index (κ3) is 3.93. The lowest BCUT2D eigenvalue weighted by atomic mass is 10.0. The van der Waals surface area contributed by atoms with Gasteiger partial charge in [-0.1, -0.05) is 17.7 Å². The van der Waals surface area contributed by atoms with Crippen molar-refractivity contribution in [3.8, 4) is 5.75 Å². The molecule has 1 atom stereocenters. The number of rotatable bonds is 4. The minimum atomic E-state index is -4.21. The lowest BCUT2D eigenvalue weighted by molar-refractivity contribution is -0.140. The van der Waals surface area contributed by atoms with Gasteiger partial charge in [-0.05, 0) is 20.0 Å². The SMILES string of the molecule is CNC(CC(F)(F)F)c1cc(C)ccc1OC. The zero-order chi connectivity index (χ0) is 13.1. The van der Waals surface area contributed by atoms with E-state index in [1.165, 1.54) is 14.2 Å². The van der Waals surface area contributed by atoms with Crippen LogP contribution in [0.3, 0.4) is 0 Å². The number of methoxy groups -OCH3 is 1. The van der Waals surface area contributed by atoms with Gasteiger partial charge in [-0.3, -0.25) is 0 Å². The van der Waals surface area contributed by atoms with Crippen molar-refractivity contribution in [1.82, 2.24) is 5.32 Å². The first-order valence-electron chi connectivity index (χ1n) is 5.26. The molecule has 96 valence electrons. The first-order chi connectivity index (χ1) is 7.87. The van der Waals surface area contributed by atoms with Crippen molar-refractivity contribution in [1.29, 1.82) is 0 Å². The zero-order valence-electron chi connectivity index (χ0n) is 10.1. The Labute approximate surface area is 98.8 Å². The predicted octanol–water partition coefficient (Wildman–Crippen LogP) is 3.22. The molecule has 0 heterocycles. The van der Waals surface area contributed by atoms with E-state index < -0.39 is 18.6 Å². The van der Waals surface area contributed by atoms with E-state index in [4.69, 9.17) is 4.74 Å². The van der Waals surface area contributed by atoms with E-state index in [9.17, 15) is 13.2 Å². The summed E-state index contributed by atoms with van der Waals surface area (Å²) in [5.74, 6) is 0.471. The maximum atomic E-state index is 12.4. The molecule has 0 saturated carbocycles. The summed E-state index contributed by atoms with van der Waals surface area (Å²) in [4.78, 5) is 0. The number of ether oxygens (including phenoxy) is 1. The highest BCUT2D eigenvalue weighted by atomic mass is 19.4. The minimum Gasteiger partial charge on any atom is -0.496 e. The number of hydrogen-bond donors (Lipinski definition) is 1. The fraction of sp³-hybridized carbons (Fsp3) is 0.500. The summed E-state index contributed by atoms with van der Waals surface area (Å²) in [5, 5.41) is 2.68. The van der Waals surface area contributed by atoms with Crippen molar-refractivity contribution in [2.24, 2.45) is 0 Å². The summed E-state index contributed by atoms with van der Waals surface area (Å²) in [7, 11) is 2.96. The zero-order valence-corrected chi connectivity index (χ0v) is 10.1. The van der Waals surface area contributed by atoms with E-state index in [0.717, 1.165) is 5.56 Å². The van der Waals surface area contributed by atoms with Gasteiger partial charge in [0.25, 0.3) is 0 Å². The van der Waals surface area contributed by atoms with E-state index in [2.05, 4.69) is 5.32 Å². The molecule has 17 heavy (non-hydrogen) atoms. The van der Waals surface area contributed by atoms with Gasteiger partial charge in [0.05, 0.1) is 13.5 Å². The number of hydrogen-bond acceptors (Lipinski definition) is 2. The van der Waals surface area contributed by atoms with E-state index in [1.54, 1.807) is 12.1 Å². The van der Waals surface area contributed by atoms with E-state index >= 15 is 0 Å². The van der Waals surface area contributed by atoms with Crippen LogP contribution in [-0.2, 0) is 0 Å². The Hall–Kier alpha value is -1.23. The van der Waals surface area contributed by atoms with Crippen LogP contribution in [0.2, 0.25) is 0 Å². The molecule has 1 unspecified atom stereocenters. The molecule has 0 aromatic heterocycles. The first-order valence-corrected chi connectivity index (χ1v) is 5.26. The summed E-state index contributed by atoms with van der Waals surface area (Å²) in [6.45, 7) is 1.84. The molecule has 0 amide bonds. The van der Waals surface area contributed by atoms with Crippen molar-refractivity contribution in [3.05, 3.63) is 29.3 Å². The fourth-order valence-electron chi connectivity index (χ4n) is 1.73. The van der Waals surface area contributed by atoms with Crippen LogP contribution in [0.25, 0.3) is 0 Å². The van der Waals surface area contributed by atoms with Crippen LogP contribution in [0, 0.1) is 6.92 Å². The van der Waals surface area contributed by atoms with E-state index in [-0.39, 0.29) is 0 Å². The molecular formula is C12H16F3NO. The Balaban J connectivity index is 3.06. The van der Waals surface area contributed by atoms with Crippen LogP contribution in [0.4, 0.5) is 13.2 Å². The molecule has 0 bridgehead atoms. The van der Waals surface area contributed by atoms with Crippen LogP contribution in [0.1, 0.15) is 23.6 Å².